The van der Waals surface area contributed by atoms with E-state index in [4.69, 9.17) is 0 Å². The number of benzene rings is 2. The summed E-state index contributed by atoms with van der Waals surface area (Å²) < 4.78 is 2.40. The number of aromatic nitrogens is 1. The number of hydrogen-bond donors (Lipinski definition) is 0. The van der Waals surface area contributed by atoms with Crippen molar-refractivity contribution < 1.29 is 4.79 Å². The second-order valence-electron chi connectivity index (χ2n) is 8.92. The largest absolute Gasteiger partial charge is 0.344 e. The summed E-state index contributed by atoms with van der Waals surface area (Å²) in [5.41, 5.74) is 3.95. The third kappa shape index (κ3) is 3.76. The molecule has 2 aliphatic heterocycles. The Bertz CT molecular complexity index is 969. The Labute approximate surface area is 173 Å². The predicted molar refractivity (Wildman–Crippen MR) is 118 cm³/mol. The number of hydrogen-bond acceptors (Lipinski definition) is 2. The van der Waals surface area contributed by atoms with Crippen LogP contribution < -0.4 is 0 Å². The molecule has 0 amide bonds. The van der Waals surface area contributed by atoms with Crippen LogP contribution in [0.15, 0.2) is 60.7 Å². The maximum Gasteiger partial charge on any atom is 0.129 e. The van der Waals surface area contributed by atoms with Gasteiger partial charge in [0.1, 0.15) is 6.29 Å². The number of aldehydes is 1. The van der Waals surface area contributed by atoms with Crippen LogP contribution in [0.4, 0.5) is 0 Å². The number of carbonyl (C=O) groups excluding carboxylic acids is 1. The summed E-state index contributed by atoms with van der Waals surface area (Å²) in [6.45, 7) is 4.56. The molecule has 2 aromatic carbocycles. The molecule has 0 spiro atoms. The van der Waals surface area contributed by atoms with E-state index in [0.717, 1.165) is 25.4 Å². The first-order valence-electron chi connectivity index (χ1n) is 11.1. The molecular formula is C26H30N2O. The molecule has 0 aliphatic carbocycles. The first-order chi connectivity index (χ1) is 14.3. The SMILES string of the molecule is O=CC1c2cc3ccccc3n2CC1CC1CCN(CCc2ccccc2)CC1. The Balaban J connectivity index is 1.17. The van der Waals surface area contributed by atoms with E-state index in [2.05, 4.69) is 70.1 Å². The zero-order valence-corrected chi connectivity index (χ0v) is 17.0. The van der Waals surface area contributed by atoms with Gasteiger partial charge in [-0.25, -0.2) is 0 Å². The summed E-state index contributed by atoms with van der Waals surface area (Å²) in [6, 6.07) is 21.6. The Morgan fingerprint density at radius 1 is 0.966 bits per heavy atom. The van der Waals surface area contributed by atoms with E-state index in [1.807, 2.05) is 0 Å². The standard InChI is InChI=1S/C26H30N2O/c29-19-24-23(18-28-25-9-5-4-8-22(25)17-26(24)28)16-21-11-14-27(15-12-21)13-10-20-6-2-1-3-7-20/h1-9,17,19,21,23-24H,10-16,18H2. The fraction of sp³-hybridized carbons (Fsp3) is 0.423. The molecule has 3 heteroatoms. The van der Waals surface area contributed by atoms with Gasteiger partial charge in [0.15, 0.2) is 0 Å². The first-order valence-corrected chi connectivity index (χ1v) is 11.1. The second-order valence-corrected chi connectivity index (χ2v) is 8.92. The summed E-state index contributed by atoms with van der Waals surface area (Å²) in [4.78, 5) is 14.6. The minimum absolute atomic E-state index is 0.0681. The van der Waals surface area contributed by atoms with Gasteiger partial charge in [0, 0.05) is 24.3 Å². The highest BCUT2D eigenvalue weighted by molar-refractivity contribution is 5.83. The molecule has 0 N–H and O–H groups in total. The van der Waals surface area contributed by atoms with Gasteiger partial charge in [-0.15, -0.1) is 0 Å². The van der Waals surface area contributed by atoms with E-state index >= 15 is 0 Å². The Morgan fingerprint density at radius 3 is 2.52 bits per heavy atom. The quantitative estimate of drug-likeness (QED) is 0.563. The van der Waals surface area contributed by atoms with E-state index in [1.54, 1.807) is 0 Å². The third-order valence-corrected chi connectivity index (χ3v) is 7.16. The summed E-state index contributed by atoms with van der Waals surface area (Å²) >= 11 is 0. The van der Waals surface area contributed by atoms with Gasteiger partial charge in [-0.2, -0.15) is 0 Å². The molecule has 2 atom stereocenters. The molecule has 0 radical (unpaired) electrons. The van der Waals surface area contributed by atoms with Gasteiger partial charge < -0.3 is 14.3 Å². The Kier molecular flexibility index (Phi) is 5.24. The zero-order valence-electron chi connectivity index (χ0n) is 17.0. The molecule has 0 bridgehead atoms. The van der Waals surface area contributed by atoms with E-state index < -0.39 is 0 Å². The van der Waals surface area contributed by atoms with Crippen molar-refractivity contribution in [1.82, 2.24) is 9.47 Å². The topological polar surface area (TPSA) is 25.2 Å². The highest BCUT2D eigenvalue weighted by Gasteiger charge is 2.35. The van der Waals surface area contributed by atoms with Crippen LogP contribution >= 0.6 is 0 Å². The highest BCUT2D eigenvalue weighted by atomic mass is 16.1. The number of likely N-dealkylation sites (tertiary alicyclic amines) is 1. The molecule has 1 fully saturated rings. The number of nitrogens with zero attached hydrogens (tertiary/aromatic N) is 2. The summed E-state index contributed by atoms with van der Waals surface area (Å²) in [7, 11) is 0. The van der Waals surface area contributed by atoms with Crippen molar-refractivity contribution in [3.05, 3.63) is 71.9 Å². The van der Waals surface area contributed by atoms with Gasteiger partial charge >= 0.3 is 0 Å². The second kappa shape index (κ2) is 8.16. The van der Waals surface area contributed by atoms with Crippen molar-refractivity contribution >= 4 is 17.2 Å². The molecule has 3 aromatic rings. The molecule has 3 nitrogen and oxygen atoms in total. The van der Waals surface area contributed by atoms with Gasteiger partial charge in [-0.05, 0) is 73.7 Å². The van der Waals surface area contributed by atoms with E-state index in [9.17, 15) is 4.79 Å². The van der Waals surface area contributed by atoms with Gasteiger partial charge in [-0.1, -0.05) is 48.5 Å². The number of carbonyl (C=O) groups is 1. The summed E-state index contributed by atoms with van der Waals surface area (Å²) in [5.74, 6) is 1.29. The summed E-state index contributed by atoms with van der Waals surface area (Å²) in [6.07, 6.45) is 6.08. The van der Waals surface area contributed by atoms with E-state index in [0.29, 0.717) is 5.92 Å². The third-order valence-electron chi connectivity index (χ3n) is 7.16. The smallest absolute Gasteiger partial charge is 0.129 e. The lowest BCUT2D eigenvalue weighted by Crippen LogP contribution is -2.36. The van der Waals surface area contributed by atoms with Crippen molar-refractivity contribution in [1.29, 1.82) is 0 Å². The lowest BCUT2D eigenvalue weighted by molar-refractivity contribution is -0.110. The lowest BCUT2D eigenvalue weighted by Gasteiger charge is -2.33. The molecule has 2 unspecified atom stereocenters. The predicted octanol–water partition coefficient (Wildman–Crippen LogP) is 4.90. The Hall–Kier alpha value is -2.39. The van der Waals surface area contributed by atoms with Gasteiger partial charge in [0.05, 0.1) is 5.92 Å². The highest BCUT2D eigenvalue weighted by Crippen LogP contribution is 2.41. The average Bonchev–Trinajstić information content (AvgIpc) is 3.29. The van der Waals surface area contributed by atoms with Crippen LogP contribution in [-0.4, -0.2) is 35.4 Å². The monoisotopic (exact) mass is 386 g/mol. The molecule has 2 aliphatic rings. The van der Waals surface area contributed by atoms with Crippen LogP contribution in [-0.2, 0) is 17.8 Å². The van der Waals surface area contributed by atoms with Crippen LogP contribution in [0.5, 0.6) is 0 Å². The van der Waals surface area contributed by atoms with Crippen LogP contribution in [0.25, 0.3) is 10.9 Å². The fourth-order valence-electron chi connectivity index (χ4n) is 5.51. The average molecular weight is 387 g/mol. The van der Waals surface area contributed by atoms with Crippen molar-refractivity contribution in [2.75, 3.05) is 19.6 Å². The minimum atomic E-state index is 0.0681. The fourth-order valence-corrected chi connectivity index (χ4v) is 5.51. The van der Waals surface area contributed by atoms with Crippen LogP contribution in [0, 0.1) is 11.8 Å². The first kappa shape index (κ1) is 18.6. The molecule has 1 saturated heterocycles. The maximum absolute atomic E-state index is 11.9. The molecule has 29 heavy (non-hydrogen) atoms. The van der Waals surface area contributed by atoms with Gasteiger partial charge in [0.2, 0.25) is 0 Å². The molecule has 3 heterocycles. The van der Waals surface area contributed by atoms with Crippen LogP contribution in [0.3, 0.4) is 0 Å². The number of rotatable bonds is 6. The van der Waals surface area contributed by atoms with Crippen molar-refractivity contribution in [2.24, 2.45) is 11.8 Å². The van der Waals surface area contributed by atoms with Gasteiger partial charge in [-0.3, -0.25) is 0 Å². The van der Waals surface area contributed by atoms with Crippen LogP contribution in [0.2, 0.25) is 0 Å². The number of para-hydroxylation sites is 1. The number of fused-ring (bicyclic) bond motifs is 3. The van der Waals surface area contributed by atoms with Crippen LogP contribution in [0.1, 0.15) is 36.4 Å². The normalized spacial score (nSPS) is 22.8. The zero-order chi connectivity index (χ0) is 19.6. The molecular weight excluding hydrogens is 356 g/mol. The molecule has 1 aromatic heterocycles. The number of piperidine rings is 1. The molecule has 150 valence electrons. The molecule has 5 rings (SSSR count). The maximum atomic E-state index is 11.9. The Morgan fingerprint density at radius 2 is 1.72 bits per heavy atom. The van der Waals surface area contributed by atoms with Crippen molar-refractivity contribution in [3.8, 4) is 0 Å². The minimum Gasteiger partial charge on any atom is -0.344 e. The summed E-state index contributed by atoms with van der Waals surface area (Å²) in [5, 5.41) is 1.26. The molecule has 0 saturated carbocycles. The van der Waals surface area contributed by atoms with E-state index in [-0.39, 0.29) is 5.92 Å². The van der Waals surface area contributed by atoms with Gasteiger partial charge in [0.25, 0.3) is 0 Å². The van der Waals surface area contributed by atoms with Crippen molar-refractivity contribution in [2.45, 2.75) is 38.1 Å². The van der Waals surface area contributed by atoms with E-state index in [1.165, 1.54) is 60.8 Å². The van der Waals surface area contributed by atoms with Crippen molar-refractivity contribution in [3.63, 3.8) is 0 Å². The lowest BCUT2D eigenvalue weighted by atomic mass is 9.81.